The van der Waals surface area contributed by atoms with Crippen molar-refractivity contribution in [2.45, 2.75) is 26.2 Å². The third-order valence-electron chi connectivity index (χ3n) is 3.27. The second-order valence-corrected chi connectivity index (χ2v) is 7.14. The molecule has 114 valence electrons. The van der Waals surface area contributed by atoms with E-state index in [1.165, 1.54) is 0 Å². The largest absolute Gasteiger partial charge is 0.292 e. The summed E-state index contributed by atoms with van der Waals surface area (Å²) in [6, 6.07) is 4.02. The Morgan fingerprint density at radius 1 is 1.32 bits per heavy atom. The Balaban J connectivity index is 1.81. The maximum absolute atomic E-state index is 12.5. The smallest absolute Gasteiger partial charge is 0.248 e. The molecule has 0 fully saturated rings. The van der Waals surface area contributed by atoms with E-state index in [4.69, 9.17) is 0 Å². The van der Waals surface area contributed by atoms with Gasteiger partial charge in [0.2, 0.25) is 11.9 Å². The molecule has 0 radical (unpaired) electrons. The molecule has 0 unspecified atom stereocenters. The molecule has 2 N–H and O–H groups in total. The third kappa shape index (κ3) is 2.79. The maximum atomic E-state index is 12.5. The number of nitrogens with one attached hydrogen (secondary N) is 2. The van der Waals surface area contributed by atoms with Gasteiger partial charge in [0.15, 0.2) is 0 Å². The Morgan fingerprint density at radius 2 is 2.14 bits per heavy atom. The number of aromatic amines is 1. The summed E-state index contributed by atoms with van der Waals surface area (Å²) in [5, 5.41) is 14.2. The number of carbonyl (C=O) groups is 1. The van der Waals surface area contributed by atoms with Gasteiger partial charge in [-0.3, -0.25) is 15.2 Å². The zero-order valence-electron chi connectivity index (χ0n) is 12.4. The van der Waals surface area contributed by atoms with E-state index < -0.39 is 5.41 Å². The monoisotopic (exact) mass is 333 g/mol. The molecule has 0 bridgehead atoms. The van der Waals surface area contributed by atoms with Gasteiger partial charge in [0.25, 0.3) is 0 Å². The molecule has 22 heavy (non-hydrogen) atoms. The van der Waals surface area contributed by atoms with Crippen LogP contribution in [0.4, 0.5) is 5.95 Å². The molecule has 0 atom stereocenters. The first kappa shape index (κ1) is 14.9. The molecule has 0 saturated heterocycles. The summed E-state index contributed by atoms with van der Waals surface area (Å²) in [7, 11) is 0. The minimum Gasteiger partial charge on any atom is -0.292 e. The Labute approximate surface area is 135 Å². The number of rotatable bonds is 4. The van der Waals surface area contributed by atoms with Crippen molar-refractivity contribution in [3.63, 3.8) is 0 Å². The van der Waals surface area contributed by atoms with Crippen LogP contribution < -0.4 is 5.32 Å². The van der Waals surface area contributed by atoms with Gasteiger partial charge < -0.3 is 0 Å². The van der Waals surface area contributed by atoms with Crippen LogP contribution in [-0.4, -0.2) is 26.1 Å². The van der Waals surface area contributed by atoms with E-state index in [0.29, 0.717) is 5.82 Å². The van der Waals surface area contributed by atoms with Crippen LogP contribution in [0.5, 0.6) is 0 Å². The number of aromatic nitrogens is 4. The number of thiazole rings is 1. The highest BCUT2D eigenvalue weighted by Crippen LogP contribution is 2.32. The molecular formula is C14H15N5OS2. The standard InChI is InChI=1S/C14H15N5OS2/c1-8-15-13(19-18-8)17-12(20)14(2,3)10-7-22-11(16-10)9-5-4-6-21-9/h4-7H,1-3H3,(H2,15,17,18,19,20). The van der Waals surface area contributed by atoms with Crippen molar-refractivity contribution in [3.05, 3.63) is 34.4 Å². The summed E-state index contributed by atoms with van der Waals surface area (Å²) < 4.78 is 0. The highest BCUT2D eigenvalue weighted by atomic mass is 32.1. The summed E-state index contributed by atoms with van der Waals surface area (Å²) in [4.78, 5) is 22.3. The predicted molar refractivity (Wildman–Crippen MR) is 88.2 cm³/mol. The second-order valence-electron chi connectivity index (χ2n) is 5.34. The number of thiophene rings is 1. The van der Waals surface area contributed by atoms with Gasteiger partial charge in [-0.1, -0.05) is 6.07 Å². The van der Waals surface area contributed by atoms with E-state index in [9.17, 15) is 4.79 Å². The molecule has 8 heteroatoms. The Kier molecular flexibility index (Phi) is 3.79. The average Bonchev–Trinajstić information content (AvgIpc) is 3.19. The number of hydrogen-bond acceptors (Lipinski definition) is 6. The number of amides is 1. The molecule has 3 aromatic rings. The van der Waals surface area contributed by atoms with Gasteiger partial charge in [-0.15, -0.1) is 27.8 Å². The second kappa shape index (κ2) is 5.62. The summed E-state index contributed by atoms with van der Waals surface area (Å²) in [6.07, 6.45) is 0. The van der Waals surface area contributed by atoms with Crippen LogP contribution in [0.15, 0.2) is 22.9 Å². The van der Waals surface area contributed by atoms with Crippen molar-refractivity contribution >= 4 is 34.5 Å². The number of nitrogens with zero attached hydrogens (tertiary/aromatic N) is 3. The Morgan fingerprint density at radius 3 is 2.77 bits per heavy atom. The van der Waals surface area contributed by atoms with E-state index in [1.54, 1.807) is 29.6 Å². The normalized spacial score (nSPS) is 11.6. The van der Waals surface area contributed by atoms with Crippen LogP contribution in [0.25, 0.3) is 9.88 Å². The number of carbonyl (C=O) groups excluding carboxylic acids is 1. The van der Waals surface area contributed by atoms with E-state index >= 15 is 0 Å². The quantitative estimate of drug-likeness (QED) is 0.768. The highest BCUT2D eigenvalue weighted by molar-refractivity contribution is 7.20. The van der Waals surface area contributed by atoms with Crippen molar-refractivity contribution in [2.75, 3.05) is 5.32 Å². The summed E-state index contributed by atoms with van der Waals surface area (Å²) in [5.74, 6) is 0.751. The van der Waals surface area contributed by atoms with Crippen LogP contribution in [0.2, 0.25) is 0 Å². The highest BCUT2D eigenvalue weighted by Gasteiger charge is 2.33. The number of aryl methyl sites for hydroxylation is 1. The topological polar surface area (TPSA) is 83.6 Å². The lowest BCUT2D eigenvalue weighted by molar-refractivity contribution is -0.120. The molecule has 3 aromatic heterocycles. The lowest BCUT2D eigenvalue weighted by Crippen LogP contribution is -2.35. The first-order valence-electron chi connectivity index (χ1n) is 6.67. The maximum Gasteiger partial charge on any atom is 0.248 e. The lowest BCUT2D eigenvalue weighted by atomic mass is 9.89. The molecule has 0 aromatic carbocycles. The van der Waals surface area contributed by atoms with Crippen LogP contribution in [-0.2, 0) is 10.2 Å². The molecule has 6 nitrogen and oxygen atoms in total. The fourth-order valence-corrected chi connectivity index (χ4v) is 3.65. The summed E-state index contributed by atoms with van der Waals surface area (Å²) >= 11 is 3.18. The van der Waals surface area contributed by atoms with Gasteiger partial charge in [-0.05, 0) is 32.2 Å². The van der Waals surface area contributed by atoms with Crippen molar-refractivity contribution in [1.29, 1.82) is 0 Å². The molecule has 0 aliphatic heterocycles. The predicted octanol–water partition coefficient (Wildman–Crippen LogP) is 3.21. The average molecular weight is 333 g/mol. The van der Waals surface area contributed by atoms with Gasteiger partial charge in [-0.25, -0.2) is 4.98 Å². The van der Waals surface area contributed by atoms with Gasteiger partial charge in [0.1, 0.15) is 10.8 Å². The van der Waals surface area contributed by atoms with Gasteiger partial charge in [0.05, 0.1) is 16.0 Å². The molecule has 0 aliphatic rings. The molecule has 3 heterocycles. The minimum atomic E-state index is -0.763. The number of hydrogen-bond donors (Lipinski definition) is 2. The number of anilines is 1. The molecular weight excluding hydrogens is 318 g/mol. The van der Waals surface area contributed by atoms with Crippen LogP contribution in [0.3, 0.4) is 0 Å². The van der Waals surface area contributed by atoms with Crippen molar-refractivity contribution in [1.82, 2.24) is 20.2 Å². The van der Waals surface area contributed by atoms with E-state index in [1.807, 2.05) is 36.7 Å². The van der Waals surface area contributed by atoms with Crippen LogP contribution >= 0.6 is 22.7 Å². The number of H-pyrrole nitrogens is 1. The minimum absolute atomic E-state index is 0.186. The fourth-order valence-electron chi connectivity index (χ4n) is 1.85. The van der Waals surface area contributed by atoms with E-state index in [0.717, 1.165) is 15.6 Å². The summed E-state index contributed by atoms with van der Waals surface area (Å²) in [5.41, 5.74) is -0.0220. The first-order chi connectivity index (χ1) is 10.5. The van der Waals surface area contributed by atoms with E-state index in [2.05, 4.69) is 25.5 Å². The molecule has 0 aliphatic carbocycles. The molecule has 0 saturated carbocycles. The lowest BCUT2D eigenvalue weighted by Gasteiger charge is -2.20. The van der Waals surface area contributed by atoms with E-state index in [-0.39, 0.29) is 11.9 Å². The van der Waals surface area contributed by atoms with Crippen LogP contribution in [0, 0.1) is 6.92 Å². The molecule has 1 amide bonds. The zero-order valence-corrected chi connectivity index (χ0v) is 14.0. The summed E-state index contributed by atoms with van der Waals surface area (Å²) in [6.45, 7) is 5.46. The Bertz CT molecular complexity index is 788. The van der Waals surface area contributed by atoms with Gasteiger partial charge in [0, 0.05) is 5.38 Å². The van der Waals surface area contributed by atoms with Crippen molar-refractivity contribution < 1.29 is 4.79 Å². The SMILES string of the molecule is Cc1nc(NC(=O)C(C)(C)c2csc(-c3cccs3)n2)n[nH]1. The van der Waals surface area contributed by atoms with Gasteiger partial charge in [-0.2, -0.15) is 4.98 Å². The van der Waals surface area contributed by atoms with Gasteiger partial charge >= 0.3 is 0 Å². The zero-order chi connectivity index (χ0) is 15.7. The Hall–Kier alpha value is -2.06. The third-order valence-corrected chi connectivity index (χ3v) is 5.15. The molecule has 3 rings (SSSR count). The fraction of sp³-hybridized carbons (Fsp3) is 0.286. The van der Waals surface area contributed by atoms with Crippen molar-refractivity contribution in [3.8, 4) is 9.88 Å². The first-order valence-corrected chi connectivity index (χ1v) is 8.43. The van der Waals surface area contributed by atoms with Crippen LogP contribution in [0.1, 0.15) is 25.4 Å². The molecule has 0 spiro atoms. The van der Waals surface area contributed by atoms with Crippen molar-refractivity contribution in [2.24, 2.45) is 0 Å².